The highest BCUT2D eigenvalue weighted by molar-refractivity contribution is 5.73. The molecular formula is C27H28N4O. The summed E-state index contributed by atoms with van der Waals surface area (Å²) in [6.07, 6.45) is 10.0. The minimum Gasteiger partial charge on any atom is -0.511 e. The molecule has 1 fully saturated rings. The number of H-pyrrole nitrogens is 3. The van der Waals surface area contributed by atoms with E-state index in [-0.39, 0.29) is 6.04 Å². The highest BCUT2D eigenvalue weighted by Crippen LogP contribution is 2.33. The summed E-state index contributed by atoms with van der Waals surface area (Å²) >= 11 is 0. The first-order valence-corrected chi connectivity index (χ1v) is 11.3. The van der Waals surface area contributed by atoms with Gasteiger partial charge in [0.05, 0.1) is 11.4 Å². The van der Waals surface area contributed by atoms with E-state index in [1.807, 2.05) is 6.08 Å². The third kappa shape index (κ3) is 2.70. The third-order valence-corrected chi connectivity index (χ3v) is 7.34. The number of fused-ring (bicyclic) bond motifs is 8. The summed E-state index contributed by atoms with van der Waals surface area (Å²) < 4.78 is 0. The minimum atomic E-state index is 0.204. The van der Waals surface area contributed by atoms with Gasteiger partial charge in [-0.15, -0.1) is 0 Å². The fraction of sp³-hybridized carbons (Fsp3) is 0.259. The number of aliphatic hydroxyl groups is 1. The van der Waals surface area contributed by atoms with E-state index in [2.05, 4.69) is 78.0 Å². The largest absolute Gasteiger partial charge is 0.511 e. The zero-order chi connectivity index (χ0) is 22.1. The molecule has 3 aromatic heterocycles. The monoisotopic (exact) mass is 424 g/mol. The van der Waals surface area contributed by atoms with E-state index in [0.717, 1.165) is 55.9 Å². The molecule has 1 saturated heterocycles. The molecule has 1 aliphatic carbocycles. The Bertz CT molecular complexity index is 1570. The highest BCUT2D eigenvalue weighted by atomic mass is 16.3. The van der Waals surface area contributed by atoms with Gasteiger partial charge in [-0.2, -0.15) is 0 Å². The summed E-state index contributed by atoms with van der Waals surface area (Å²) in [4.78, 5) is 10.7. The molecule has 0 radical (unpaired) electrons. The van der Waals surface area contributed by atoms with Gasteiger partial charge in [0.2, 0.25) is 0 Å². The average molecular weight is 425 g/mol. The van der Waals surface area contributed by atoms with Crippen molar-refractivity contribution in [1.29, 1.82) is 0 Å². The van der Waals surface area contributed by atoms with Gasteiger partial charge in [-0.3, -0.25) is 0 Å². The van der Waals surface area contributed by atoms with E-state index >= 15 is 0 Å². The SMILES string of the molecule is C=Cc1c2[nH]c(c1C)/C=C1/NC(C[C@@H]1C)C1=c3[nH]c(c(C)c3=C(O)C1)/C=c1/cc/c([nH]1)=C/2. The number of allylic oxidation sites excluding steroid dienone is 1. The molecule has 0 amide bonds. The van der Waals surface area contributed by atoms with Crippen molar-refractivity contribution >= 4 is 35.6 Å². The van der Waals surface area contributed by atoms with Crippen LogP contribution >= 0.6 is 0 Å². The average Bonchev–Trinajstić information content (AvgIpc) is 3.53. The van der Waals surface area contributed by atoms with E-state index in [0.29, 0.717) is 18.1 Å². The van der Waals surface area contributed by atoms with Crippen molar-refractivity contribution in [2.24, 2.45) is 5.92 Å². The summed E-state index contributed by atoms with van der Waals surface area (Å²) in [6, 6.07) is 4.38. The molecule has 32 heavy (non-hydrogen) atoms. The summed E-state index contributed by atoms with van der Waals surface area (Å²) in [5.41, 5.74) is 9.09. The van der Waals surface area contributed by atoms with Crippen LogP contribution in [-0.2, 0) is 0 Å². The maximum Gasteiger partial charge on any atom is 0.106 e. The van der Waals surface area contributed by atoms with E-state index in [9.17, 15) is 5.11 Å². The molecule has 3 aliphatic rings. The Morgan fingerprint density at radius 1 is 0.969 bits per heavy atom. The van der Waals surface area contributed by atoms with Crippen LogP contribution in [0.3, 0.4) is 0 Å². The van der Waals surface area contributed by atoms with Gasteiger partial charge in [-0.1, -0.05) is 19.6 Å². The highest BCUT2D eigenvalue weighted by Gasteiger charge is 2.32. The van der Waals surface area contributed by atoms with Crippen molar-refractivity contribution in [2.75, 3.05) is 0 Å². The number of rotatable bonds is 1. The molecule has 0 aromatic carbocycles. The molecule has 5 nitrogen and oxygen atoms in total. The van der Waals surface area contributed by atoms with Gasteiger partial charge in [0, 0.05) is 50.7 Å². The predicted molar refractivity (Wildman–Crippen MR) is 130 cm³/mol. The van der Waals surface area contributed by atoms with Crippen LogP contribution in [0.25, 0.3) is 35.6 Å². The second-order valence-electron chi connectivity index (χ2n) is 9.35. The van der Waals surface area contributed by atoms with E-state index in [4.69, 9.17) is 0 Å². The second kappa shape index (κ2) is 6.70. The Hall–Kier alpha value is -3.60. The molecular weight excluding hydrogens is 396 g/mol. The summed E-state index contributed by atoms with van der Waals surface area (Å²) in [5, 5.41) is 18.7. The van der Waals surface area contributed by atoms with Crippen LogP contribution in [0.4, 0.5) is 0 Å². The number of hydrogen-bond donors (Lipinski definition) is 5. The topological polar surface area (TPSA) is 79.6 Å². The van der Waals surface area contributed by atoms with E-state index < -0.39 is 0 Å². The molecule has 162 valence electrons. The molecule has 5 heterocycles. The number of aliphatic hydroxyl groups excluding tert-OH is 1. The van der Waals surface area contributed by atoms with Crippen molar-refractivity contribution in [3.63, 3.8) is 0 Å². The lowest BCUT2D eigenvalue weighted by atomic mass is 9.98. The van der Waals surface area contributed by atoms with Crippen LogP contribution < -0.4 is 26.6 Å². The lowest BCUT2D eigenvalue weighted by Crippen LogP contribution is -2.30. The van der Waals surface area contributed by atoms with Crippen molar-refractivity contribution in [1.82, 2.24) is 20.3 Å². The van der Waals surface area contributed by atoms with Gasteiger partial charge in [-0.05, 0) is 73.2 Å². The van der Waals surface area contributed by atoms with E-state index in [1.54, 1.807) is 0 Å². The fourth-order valence-electron chi connectivity index (χ4n) is 5.55. The zero-order valence-electron chi connectivity index (χ0n) is 18.7. The molecule has 1 unspecified atom stereocenters. The van der Waals surface area contributed by atoms with Crippen LogP contribution in [0, 0.1) is 19.8 Å². The number of nitrogens with one attached hydrogen (secondary N) is 4. The quantitative estimate of drug-likeness (QED) is 0.415. The van der Waals surface area contributed by atoms with Crippen molar-refractivity contribution < 1.29 is 5.11 Å². The van der Waals surface area contributed by atoms with Crippen molar-refractivity contribution in [2.45, 2.75) is 39.7 Å². The summed E-state index contributed by atoms with van der Waals surface area (Å²) in [5.74, 6) is 0.877. The Morgan fingerprint density at radius 2 is 1.69 bits per heavy atom. The molecule has 6 rings (SSSR count). The first-order valence-electron chi connectivity index (χ1n) is 11.3. The normalized spacial score (nSPS) is 24.9. The van der Waals surface area contributed by atoms with Crippen molar-refractivity contribution in [3.05, 3.63) is 79.4 Å². The Kier molecular flexibility index (Phi) is 4.00. The number of aromatic nitrogens is 3. The molecule has 8 bridgehead atoms. The first kappa shape index (κ1) is 19.1. The van der Waals surface area contributed by atoms with Gasteiger partial charge in [0.25, 0.3) is 0 Å². The lowest BCUT2D eigenvalue weighted by Gasteiger charge is -2.13. The lowest BCUT2D eigenvalue weighted by molar-refractivity contribution is 0.490. The van der Waals surface area contributed by atoms with E-state index in [1.165, 1.54) is 16.8 Å². The van der Waals surface area contributed by atoms with Gasteiger partial charge in [0.1, 0.15) is 5.76 Å². The van der Waals surface area contributed by atoms with Gasteiger partial charge in [0.15, 0.2) is 0 Å². The fourth-order valence-corrected chi connectivity index (χ4v) is 5.55. The third-order valence-electron chi connectivity index (χ3n) is 7.34. The van der Waals surface area contributed by atoms with Crippen LogP contribution in [0.2, 0.25) is 0 Å². The number of aromatic amines is 3. The van der Waals surface area contributed by atoms with Gasteiger partial charge >= 0.3 is 0 Å². The molecule has 2 aliphatic heterocycles. The number of hydrogen-bond acceptors (Lipinski definition) is 2. The Balaban J connectivity index is 1.67. The van der Waals surface area contributed by atoms with Crippen LogP contribution in [0.15, 0.2) is 24.4 Å². The molecule has 5 heteroatoms. The van der Waals surface area contributed by atoms with Crippen LogP contribution in [-0.4, -0.2) is 26.1 Å². The van der Waals surface area contributed by atoms with Gasteiger partial charge in [-0.25, -0.2) is 0 Å². The zero-order valence-corrected chi connectivity index (χ0v) is 18.7. The summed E-state index contributed by atoms with van der Waals surface area (Å²) in [7, 11) is 0. The Labute approximate surface area is 186 Å². The molecule has 2 atom stereocenters. The molecule has 0 saturated carbocycles. The predicted octanol–water partition coefficient (Wildman–Crippen LogP) is 2.16. The minimum absolute atomic E-state index is 0.204. The van der Waals surface area contributed by atoms with Gasteiger partial charge < -0.3 is 25.4 Å². The summed E-state index contributed by atoms with van der Waals surface area (Å²) in [6.45, 7) is 10.5. The molecule has 0 spiro atoms. The second-order valence-corrected chi connectivity index (χ2v) is 9.35. The molecule has 5 N–H and O–H groups in total. The van der Waals surface area contributed by atoms with Crippen LogP contribution in [0.5, 0.6) is 0 Å². The van der Waals surface area contributed by atoms with Crippen LogP contribution in [0.1, 0.15) is 53.5 Å². The maximum atomic E-state index is 10.8. The maximum absolute atomic E-state index is 10.8. The Morgan fingerprint density at radius 3 is 2.44 bits per heavy atom. The smallest absolute Gasteiger partial charge is 0.106 e. The standard InChI is InChI=1S/C27H28N4O/c1-5-18-14(3)22-12-20-13(2)8-23(29-20)19-11-25(32)26-15(4)21(31-27(19)26)9-16-6-7-17(28-16)10-24(18)30-22/h5-7,9-10,12-13,23,28-32H,1,8,11H2,2-4H3/b16-9-,17-10-,20-12+/t13-,23?/m0/s1. The molecule has 3 aromatic rings. The van der Waals surface area contributed by atoms with Crippen molar-refractivity contribution in [3.8, 4) is 0 Å². The first-order chi connectivity index (χ1) is 15.4.